The summed E-state index contributed by atoms with van der Waals surface area (Å²) in [5, 5.41) is 3.01. The van der Waals surface area contributed by atoms with Gasteiger partial charge in [-0.15, -0.1) is 0 Å². The molecule has 1 aromatic carbocycles. The first-order chi connectivity index (χ1) is 9.08. The number of hydrogen-bond acceptors (Lipinski definition) is 2. The van der Waals surface area contributed by atoms with Crippen LogP contribution in [0.15, 0.2) is 24.3 Å². The molecule has 0 unspecified atom stereocenters. The van der Waals surface area contributed by atoms with Crippen LogP contribution in [0.1, 0.15) is 45.6 Å². The Hall–Kier alpha value is -1.51. The summed E-state index contributed by atoms with van der Waals surface area (Å²) in [5.41, 5.74) is 1.05. The number of carbonyl (C=O) groups is 1. The molecule has 0 bridgehead atoms. The fraction of sp³-hybridized carbons (Fsp3) is 0.562. The van der Waals surface area contributed by atoms with Crippen LogP contribution in [0.3, 0.4) is 0 Å². The van der Waals surface area contributed by atoms with Gasteiger partial charge in [-0.05, 0) is 38.3 Å². The topological polar surface area (TPSA) is 38.3 Å². The number of ether oxygens (including phenoxy) is 1. The van der Waals surface area contributed by atoms with E-state index in [1.807, 2.05) is 45.0 Å². The Labute approximate surface area is 116 Å². The second-order valence-corrected chi connectivity index (χ2v) is 4.98. The highest BCUT2D eigenvalue weighted by atomic mass is 16.5. The first-order valence-corrected chi connectivity index (χ1v) is 7.11. The molecule has 0 heterocycles. The number of nitrogens with one attached hydrogen (secondary N) is 1. The number of benzene rings is 1. The maximum absolute atomic E-state index is 12.1. The van der Waals surface area contributed by atoms with E-state index >= 15 is 0 Å². The Balaban J connectivity index is 2.63. The van der Waals surface area contributed by atoms with Gasteiger partial charge in [-0.3, -0.25) is 4.79 Å². The molecule has 1 aromatic rings. The normalized spacial score (nSPS) is 13.7. The second kappa shape index (κ2) is 7.82. The Kier molecular flexibility index (Phi) is 6.40. The summed E-state index contributed by atoms with van der Waals surface area (Å²) in [5.74, 6) is 0.763. The molecule has 0 fully saturated rings. The summed E-state index contributed by atoms with van der Waals surface area (Å²) >= 11 is 0. The summed E-state index contributed by atoms with van der Waals surface area (Å²) in [6.45, 7) is 8.10. The van der Waals surface area contributed by atoms with E-state index in [4.69, 9.17) is 4.74 Å². The maximum Gasteiger partial charge on any atom is 0.261 e. The highest BCUT2D eigenvalue weighted by Crippen LogP contribution is 2.18. The minimum atomic E-state index is -0.416. The third-order valence-corrected chi connectivity index (χ3v) is 3.14. The lowest BCUT2D eigenvalue weighted by molar-refractivity contribution is -0.128. The van der Waals surface area contributed by atoms with Crippen LogP contribution in [0.5, 0.6) is 5.75 Å². The summed E-state index contributed by atoms with van der Waals surface area (Å²) in [4.78, 5) is 12.1. The van der Waals surface area contributed by atoms with Gasteiger partial charge >= 0.3 is 0 Å². The molecule has 106 valence electrons. The lowest BCUT2D eigenvalue weighted by Gasteiger charge is -2.21. The van der Waals surface area contributed by atoms with E-state index in [2.05, 4.69) is 12.2 Å². The smallest absolute Gasteiger partial charge is 0.261 e. The molecule has 0 saturated carbocycles. The van der Waals surface area contributed by atoms with Crippen LogP contribution in [0.4, 0.5) is 0 Å². The Morgan fingerprint density at radius 2 is 2.00 bits per heavy atom. The predicted molar refractivity (Wildman–Crippen MR) is 78.4 cm³/mol. The van der Waals surface area contributed by atoms with Crippen molar-refractivity contribution in [2.75, 3.05) is 0 Å². The van der Waals surface area contributed by atoms with Crippen molar-refractivity contribution in [3.63, 3.8) is 0 Å². The first kappa shape index (κ1) is 15.5. The zero-order valence-corrected chi connectivity index (χ0v) is 12.4. The predicted octanol–water partition coefficient (Wildman–Crippen LogP) is 3.46. The monoisotopic (exact) mass is 263 g/mol. The summed E-state index contributed by atoms with van der Waals surface area (Å²) in [6, 6.07) is 7.98. The molecular formula is C16H25NO2. The van der Waals surface area contributed by atoms with Crippen molar-refractivity contribution in [2.45, 2.75) is 59.1 Å². The van der Waals surface area contributed by atoms with Crippen molar-refractivity contribution >= 4 is 5.91 Å². The molecule has 0 aliphatic heterocycles. The number of rotatable bonds is 7. The van der Waals surface area contributed by atoms with Gasteiger partial charge < -0.3 is 10.1 Å². The van der Waals surface area contributed by atoms with Crippen molar-refractivity contribution < 1.29 is 9.53 Å². The first-order valence-electron chi connectivity index (χ1n) is 7.11. The zero-order chi connectivity index (χ0) is 14.3. The van der Waals surface area contributed by atoms with Crippen LogP contribution in [-0.4, -0.2) is 18.1 Å². The minimum Gasteiger partial charge on any atom is -0.480 e. The van der Waals surface area contributed by atoms with Crippen molar-refractivity contribution in [3.05, 3.63) is 29.8 Å². The third kappa shape index (κ3) is 4.93. The van der Waals surface area contributed by atoms with Crippen LogP contribution < -0.4 is 10.1 Å². The van der Waals surface area contributed by atoms with Gasteiger partial charge in [-0.1, -0.05) is 38.5 Å². The fourth-order valence-corrected chi connectivity index (χ4v) is 2.01. The number of para-hydroxylation sites is 1. The molecular weight excluding hydrogens is 238 g/mol. The van der Waals surface area contributed by atoms with E-state index in [-0.39, 0.29) is 11.9 Å². The van der Waals surface area contributed by atoms with Crippen LogP contribution in [0.2, 0.25) is 0 Å². The largest absolute Gasteiger partial charge is 0.480 e. The average Bonchev–Trinajstić information content (AvgIpc) is 2.37. The van der Waals surface area contributed by atoms with Gasteiger partial charge in [0.05, 0.1) is 0 Å². The molecule has 0 aliphatic carbocycles. The molecule has 0 saturated heterocycles. The van der Waals surface area contributed by atoms with Crippen LogP contribution >= 0.6 is 0 Å². The van der Waals surface area contributed by atoms with Gasteiger partial charge in [-0.2, -0.15) is 0 Å². The molecule has 19 heavy (non-hydrogen) atoms. The quantitative estimate of drug-likeness (QED) is 0.818. The molecule has 3 nitrogen and oxygen atoms in total. The number of hydrogen-bond donors (Lipinski definition) is 1. The lowest BCUT2D eigenvalue weighted by Crippen LogP contribution is -2.42. The minimum absolute atomic E-state index is 0.0216. The van der Waals surface area contributed by atoms with Crippen LogP contribution in [0, 0.1) is 6.92 Å². The molecule has 1 N–H and O–H groups in total. The molecule has 3 heteroatoms. The second-order valence-electron chi connectivity index (χ2n) is 4.98. The van der Waals surface area contributed by atoms with Crippen molar-refractivity contribution in [1.29, 1.82) is 0 Å². The van der Waals surface area contributed by atoms with E-state index in [1.165, 1.54) is 0 Å². The Morgan fingerprint density at radius 1 is 1.32 bits per heavy atom. The molecule has 1 amide bonds. The summed E-state index contributed by atoms with van der Waals surface area (Å²) in [6.07, 6.45) is 2.31. The van der Waals surface area contributed by atoms with Crippen molar-refractivity contribution in [3.8, 4) is 5.75 Å². The van der Waals surface area contributed by atoms with Gasteiger partial charge in [0.15, 0.2) is 6.10 Å². The molecule has 0 aromatic heterocycles. The standard InChI is InChI=1S/C16H25NO2/c1-5-9-13(4)17-16(18)14(6-2)19-15-11-8-7-10-12(15)3/h7-8,10-11,13-14H,5-6,9H2,1-4H3,(H,17,18)/t13-,14-/m1/s1. The number of carbonyl (C=O) groups excluding carboxylic acids is 1. The van der Waals surface area contributed by atoms with Gasteiger partial charge in [-0.25, -0.2) is 0 Å². The lowest BCUT2D eigenvalue weighted by atomic mass is 10.1. The molecule has 2 atom stereocenters. The van der Waals surface area contributed by atoms with Gasteiger partial charge in [0.25, 0.3) is 5.91 Å². The van der Waals surface area contributed by atoms with Crippen molar-refractivity contribution in [2.24, 2.45) is 0 Å². The van der Waals surface area contributed by atoms with E-state index in [0.29, 0.717) is 6.42 Å². The fourth-order valence-electron chi connectivity index (χ4n) is 2.01. The van der Waals surface area contributed by atoms with Gasteiger partial charge in [0, 0.05) is 6.04 Å². The molecule has 0 aliphatic rings. The SMILES string of the molecule is CCC[C@@H](C)NC(=O)[C@@H](CC)Oc1ccccc1C. The number of amides is 1. The molecule has 0 spiro atoms. The number of aryl methyl sites for hydroxylation is 1. The third-order valence-electron chi connectivity index (χ3n) is 3.14. The van der Waals surface area contributed by atoms with E-state index < -0.39 is 6.10 Å². The van der Waals surface area contributed by atoms with Crippen LogP contribution in [-0.2, 0) is 4.79 Å². The summed E-state index contributed by atoms with van der Waals surface area (Å²) < 4.78 is 5.82. The van der Waals surface area contributed by atoms with Gasteiger partial charge in [0.1, 0.15) is 5.75 Å². The van der Waals surface area contributed by atoms with Crippen molar-refractivity contribution in [1.82, 2.24) is 5.32 Å². The summed E-state index contributed by atoms with van der Waals surface area (Å²) in [7, 11) is 0. The average molecular weight is 263 g/mol. The van der Waals surface area contributed by atoms with E-state index in [1.54, 1.807) is 0 Å². The highest BCUT2D eigenvalue weighted by Gasteiger charge is 2.20. The highest BCUT2D eigenvalue weighted by molar-refractivity contribution is 5.81. The van der Waals surface area contributed by atoms with Crippen LogP contribution in [0.25, 0.3) is 0 Å². The molecule has 0 radical (unpaired) electrons. The van der Waals surface area contributed by atoms with E-state index in [9.17, 15) is 4.79 Å². The molecule has 1 rings (SSSR count). The Bertz CT molecular complexity index is 403. The maximum atomic E-state index is 12.1. The Morgan fingerprint density at radius 3 is 2.58 bits per heavy atom. The zero-order valence-electron chi connectivity index (χ0n) is 12.4. The van der Waals surface area contributed by atoms with E-state index in [0.717, 1.165) is 24.2 Å². The van der Waals surface area contributed by atoms with Gasteiger partial charge in [0.2, 0.25) is 0 Å².